The molecule has 0 aliphatic heterocycles. The number of nitrogens with one attached hydrogen (secondary N) is 3. The molecule has 0 rings (SSSR count). The zero-order valence-corrected chi connectivity index (χ0v) is 10.9. The smallest absolute Gasteiger partial charge is 0.328 e. The van der Waals surface area contributed by atoms with Crippen LogP contribution in [0.3, 0.4) is 0 Å². The third-order valence-electron chi connectivity index (χ3n) is 1.51. The summed E-state index contributed by atoms with van der Waals surface area (Å²) < 4.78 is 4.65. The molecule has 3 N–H and O–H groups in total. The lowest BCUT2D eigenvalue weighted by molar-refractivity contribution is -0.146. The standard InChI is InChI=1S/C7H13NO3.C3H8N2O/c1-4-11-7(10)5(2)8-6(3)9;1-4-3(6)5-2/h5H,4H2,1-3H3,(H,8,9);1-2H3,(H2,4,5,6). The molecule has 1 unspecified atom stereocenters. The summed E-state index contributed by atoms with van der Waals surface area (Å²) in [6, 6.07) is -0.706. The van der Waals surface area contributed by atoms with Crippen LogP contribution in [-0.4, -0.2) is 44.7 Å². The first-order chi connectivity index (χ1) is 7.88. The molecule has 0 fully saturated rings. The zero-order valence-electron chi connectivity index (χ0n) is 10.9. The minimum Gasteiger partial charge on any atom is -0.464 e. The van der Waals surface area contributed by atoms with Crippen molar-refractivity contribution < 1.29 is 19.1 Å². The molecule has 0 aromatic carbocycles. The molecule has 0 aliphatic rings. The second-order valence-electron chi connectivity index (χ2n) is 3.00. The molecule has 0 aliphatic carbocycles. The van der Waals surface area contributed by atoms with Crippen molar-refractivity contribution in [3.05, 3.63) is 0 Å². The number of urea groups is 1. The Morgan fingerprint density at radius 2 is 1.65 bits per heavy atom. The molecule has 0 spiro atoms. The van der Waals surface area contributed by atoms with E-state index >= 15 is 0 Å². The van der Waals surface area contributed by atoms with Crippen molar-refractivity contribution in [3.8, 4) is 0 Å². The van der Waals surface area contributed by atoms with Gasteiger partial charge in [0.05, 0.1) is 6.61 Å². The third kappa shape index (κ3) is 12.1. The Balaban J connectivity index is 0. The lowest BCUT2D eigenvalue weighted by Gasteiger charge is -2.09. The molecule has 0 saturated heterocycles. The molecule has 0 heterocycles. The van der Waals surface area contributed by atoms with Crippen LogP contribution in [0, 0.1) is 0 Å². The van der Waals surface area contributed by atoms with Crippen LogP contribution in [0.15, 0.2) is 0 Å². The number of carbonyl (C=O) groups is 3. The monoisotopic (exact) mass is 247 g/mol. The lowest BCUT2D eigenvalue weighted by Crippen LogP contribution is -2.38. The molecule has 1 atom stereocenters. The average molecular weight is 247 g/mol. The number of hydrogen-bond donors (Lipinski definition) is 3. The molecule has 0 bridgehead atoms. The van der Waals surface area contributed by atoms with Crippen molar-refractivity contribution in [2.45, 2.75) is 26.8 Å². The van der Waals surface area contributed by atoms with Crippen LogP contribution < -0.4 is 16.0 Å². The second-order valence-corrected chi connectivity index (χ2v) is 3.00. The van der Waals surface area contributed by atoms with E-state index in [-0.39, 0.29) is 11.9 Å². The van der Waals surface area contributed by atoms with Crippen molar-refractivity contribution in [2.75, 3.05) is 20.7 Å². The van der Waals surface area contributed by atoms with Crippen molar-refractivity contribution >= 4 is 17.9 Å². The van der Waals surface area contributed by atoms with E-state index < -0.39 is 12.0 Å². The highest BCUT2D eigenvalue weighted by molar-refractivity contribution is 5.82. The van der Waals surface area contributed by atoms with Gasteiger partial charge in [-0.2, -0.15) is 0 Å². The molecular weight excluding hydrogens is 226 g/mol. The van der Waals surface area contributed by atoms with Gasteiger partial charge in [-0.05, 0) is 13.8 Å². The van der Waals surface area contributed by atoms with E-state index in [2.05, 4.69) is 20.7 Å². The Kier molecular flexibility index (Phi) is 11.1. The fraction of sp³-hybridized carbons (Fsp3) is 0.700. The van der Waals surface area contributed by atoms with Gasteiger partial charge in [-0.25, -0.2) is 9.59 Å². The minimum atomic E-state index is -0.549. The number of carbonyl (C=O) groups excluding carboxylic acids is 3. The maximum absolute atomic E-state index is 10.8. The highest BCUT2D eigenvalue weighted by atomic mass is 16.5. The quantitative estimate of drug-likeness (QED) is 0.592. The van der Waals surface area contributed by atoms with Gasteiger partial charge in [-0.15, -0.1) is 0 Å². The summed E-state index contributed by atoms with van der Waals surface area (Å²) in [5, 5.41) is 7.14. The van der Waals surface area contributed by atoms with E-state index in [4.69, 9.17) is 0 Å². The predicted octanol–water partition coefficient (Wildman–Crippen LogP) is -0.381. The summed E-state index contributed by atoms with van der Waals surface area (Å²) in [7, 11) is 3.14. The Morgan fingerprint density at radius 3 is 1.88 bits per heavy atom. The summed E-state index contributed by atoms with van der Waals surface area (Å²) >= 11 is 0. The highest BCUT2D eigenvalue weighted by Crippen LogP contribution is 1.86. The van der Waals surface area contributed by atoms with E-state index in [1.54, 1.807) is 27.9 Å². The van der Waals surface area contributed by atoms with Gasteiger partial charge >= 0.3 is 12.0 Å². The SMILES string of the molecule is CCOC(=O)C(C)NC(C)=O.CNC(=O)NC. The number of esters is 1. The van der Waals surface area contributed by atoms with Crippen LogP contribution in [0.4, 0.5) is 4.79 Å². The molecule has 100 valence electrons. The van der Waals surface area contributed by atoms with E-state index in [0.29, 0.717) is 6.61 Å². The van der Waals surface area contributed by atoms with Gasteiger partial charge in [0.15, 0.2) is 0 Å². The first-order valence-corrected chi connectivity index (χ1v) is 5.22. The van der Waals surface area contributed by atoms with Crippen LogP contribution in [0.5, 0.6) is 0 Å². The number of hydrogen-bond acceptors (Lipinski definition) is 4. The van der Waals surface area contributed by atoms with Crippen LogP contribution in [-0.2, 0) is 14.3 Å². The summed E-state index contributed by atoms with van der Waals surface area (Å²) in [6.45, 7) is 5.00. The van der Waals surface area contributed by atoms with Crippen molar-refractivity contribution in [3.63, 3.8) is 0 Å². The van der Waals surface area contributed by atoms with E-state index in [9.17, 15) is 14.4 Å². The number of amides is 3. The molecule has 0 saturated carbocycles. The van der Waals surface area contributed by atoms with Crippen LogP contribution in [0.1, 0.15) is 20.8 Å². The van der Waals surface area contributed by atoms with Crippen molar-refractivity contribution in [1.82, 2.24) is 16.0 Å². The molecule has 17 heavy (non-hydrogen) atoms. The number of ether oxygens (including phenoxy) is 1. The van der Waals surface area contributed by atoms with Crippen LogP contribution in [0.2, 0.25) is 0 Å². The van der Waals surface area contributed by atoms with Gasteiger partial charge in [0.2, 0.25) is 5.91 Å². The van der Waals surface area contributed by atoms with Crippen molar-refractivity contribution in [1.29, 1.82) is 0 Å². The summed E-state index contributed by atoms with van der Waals surface area (Å²) in [6.07, 6.45) is 0. The first-order valence-electron chi connectivity index (χ1n) is 5.22. The molecule has 0 radical (unpaired) electrons. The van der Waals surface area contributed by atoms with E-state index in [1.807, 2.05) is 0 Å². The van der Waals surface area contributed by atoms with E-state index in [1.165, 1.54) is 6.92 Å². The Hall–Kier alpha value is -1.79. The molecular formula is C10H21N3O4. The van der Waals surface area contributed by atoms with E-state index in [0.717, 1.165) is 0 Å². The maximum atomic E-state index is 10.8. The van der Waals surface area contributed by atoms with Gasteiger partial charge < -0.3 is 20.7 Å². The maximum Gasteiger partial charge on any atom is 0.328 e. The first kappa shape index (κ1) is 17.6. The lowest BCUT2D eigenvalue weighted by atomic mass is 10.3. The fourth-order valence-corrected chi connectivity index (χ4v) is 0.756. The second kappa shape index (κ2) is 10.7. The molecule has 0 aromatic rings. The largest absolute Gasteiger partial charge is 0.464 e. The molecule has 7 heteroatoms. The number of rotatable bonds is 3. The van der Waals surface area contributed by atoms with Gasteiger partial charge in [0, 0.05) is 21.0 Å². The highest BCUT2D eigenvalue weighted by Gasteiger charge is 2.13. The molecule has 7 nitrogen and oxygen atoms in total. The predicted molar refractivity (Wildman–Crippen MR) is 63.4 cm³/mol. The van der Waals surface area contributed by atoms with Gasteiger partial charge in [0.1, 0.15) is 6.04 Å². The Morgan fingerprint density at radius 1 is 1.18 bits per heavy atom. The van der Waals surface area contributed by atoms with Gasteiger partial charge in [-0.1, -0.05) is 0 Å². The third-order valence-corrected chi connectivity index (χ3v) is 1.51. The molecule has 3 amide bonds. The topological polar surface area (TPSA) is 96.5 Å². The Bertz CT molecular complexity index is 250. The normalized spacial score (nSPS) is 10.2. The van der Waals surface area contributed by atoms with Crippen LogP contribution >= 0.6 is 0 Å². The summed E-state index contributed by atoms with van der Waals surface area (Å²) in [4.78, 5) is 31.2. The average Bonchev–Trinajstić information content (AvgIpc) is 2.28. The van der Waals surface area contributed by atoms with Gasteiger partial charge in [-0.3, -0.25) is 4.79 Å². The van der Waals surface area contributed by atoms with Crippen molar-refractivity contribution in [2.24, 2.45) is 0 Å². The van der Waals surface area contributed by atoms with Crippen LogP contribution in [0.25, 0.3) is 0 Å². The summed E-state index contributed by atoms with van der Waals surface area (Å²) in [5.41, 5.74) is 0. The zero-order chi connectivity index (χ0) is 13.8. The fourth-order valence-electron chi connectivity index (χ4n) is 0.756. The molecule has 0 aromatic heterocycles. The minimum absolute atomic E-state index is 0.157. The Labute approximate surface area is 101 Å². The summed E-state index contributed by atoms with van der Waals surface area (Å²) in [5.74, 6) is -0.631. The van der Waals surface area contributed by atoms with Gasteiger partial charge in [0.25, 0.3) is 0 Å².